The Labute approximate surface area is 193 Å². The third kappa shape index (κ3) is 3.74. The van der Waals surface area contributed by atoms with E-state index in [-0.39, 0.29) is 6.42 Å². The summed E-state index contributed by atoms with van der Waals surface area (Å²) in [4.78, 5) is 41.1. The van der Waals surface area contributed by atoms with E-state index in [0.717, 1.165) is 20.7 Å². The smallest absolute Gasteiger partial charge is 0.263 e. The third-order valence-corrected chi connectivity index (χ3v) is 6.80. The van der Waals surface area contributed by atoms with Crippen LogP contribution in [0.3, 0.4) is 0 Å². The van der Waals surface area contributed by atoms with E-state index in [9.17, 15) is 14.4 Å². The molecule has 1 aromatic heterocycles. The van der Waals surface area contributed by atoms with Crippen molar-refractivity contribution in [3.05, 3.63) is 100 Å². The van der Waals surface area contributed by atoms with Crippen LogP contribution in [0.4, 0.5) is 0 Å². The number of carbonyl (C=O) groups excluding carboxylic acids is 3. The van der Waals surface area contributed by atoms with E-state index in [2.05, 4.69) is 10.5 Å². The lowest BCUT2D eigenvalue weighted by atomic mass is 10.0. The number of carbonyl (C=O) groups is 3. The molecule has 4 aromatic rings. The molecule has 0 saturated carbocycles. The molecular weight excluding hydrogens is 436 g/mol. The normalized spacial score (nSPS) is 14.6. The summed E-state index contributed by atoms with van der Waals surface area (Å²) < 4.78 is 2.92. The molecule has 0 bridgehead atoms. The van der Waals surface area contributed by atoms with Crippen molar-refractivity contribution in [2.45, 2.75) is 12.5 Å². The number of aryl methyl sites for hydroxylation is 1. The second kappa shape index (κ2) is 8.48. The summed E-state index contributed by atoms with van der Waals surface area (Å²) in [5.41, 5.74) is 5.04. The fourth-order valence-corrected chi connectivity index (χ4v) is 4.97. The van der Waals surface area contributed by atoms with Crippen molar-refractivity contribution >= 4 is 39.3 Å². The molecule has 0 radical (unpaired) electrons. The molecule has 0 spiro atoms. The number of rotatable bonds is 5. The van der Waals surface area contributed by atoms with Crippen LogP contribution in [0.25, 0.3) is 10.2 Å². The van der Waals surface area contributed by atoms with E-state index < -0.39 is 23.8 Å². The molecule has 7 nitrogen and oxygen atoms in total. The molecule has 3 aromatic carbocycles. The first-order chi connectivity index (χ1) is 16.0. The molecule has 1 aliphatic rings. The van der Waals surface area contributed by atoms with Gasteiger partial charge in [0.2, 0.25) is 4.80 Å². The van der Waals surface area contributed by atoms with E-state index in [4.69, 9.17) is 0 Å². The average molecular weight is 457 g/mol. The summed E-state index contributed by atoms with van der Waals surface area (Å²) in [6.45, 7) is 0. The Morgan fingerprint density at radius 1 is 0.909 bits per heavy atom. The standard InChI is InChI=1S/C25H20N4O3S/c1-28-19-13-7-8-14-21(19)33-25(28)27-26-22(30)20(15-16-9-3-2-4-10-16)29-23(31)17-11-5-6-12-18(17)24(29)32/h2-14,20H,15H2,1H3,(H,26,30)/b27-25+/t20-/m0/s1. The second-order valence-electron chi connectivity index (χ2n) is 7.73. The lowest BCUT2D eigenvalue weighted by Crippen LogP contribution is -2.50. The fraction of sp³-hybridized carbons (Fsp3) is 0.120. The Bertz CT molecular complexity index is 1420. The molecule has 33 heavy (non-hydrogen) atoms. The van der Waals surface area contributed by atoms with Crippen molar-refractivity contribution in [2.75, 3.05) is 0 Å². The molecule has 0 fully saturated rings. The van der Waals surface area contributed by atoms with Gasteiger partial charge in [-0.25, -0.2) is 5.43 Å². The van der Waals surface area contributed by atoms with Crippen LogP contribution in [0.2, 0.25) is 0 Å². The molecule has 5 rings (SSSR count). The zero-order valence-electron chi connectivity index (χ0n) is 17.8. The summed E-state index contributed by atoms with van der Waals surface area (Å²) in [6.07, 6.45) is 0.187. The van der Waals surface area contributed by atoms with Gasteiger partial charge in [0.05, 0.1) is 21.3 Å². The summed E-state index contributed by atoms with van der Waals surface area (Å²) in [7, 11) is 1.87. The highest BCUT2D eigenvalue weighted by atomic mass is 32.1. The summed E-state index contributed by atoms with van der Waals surface area (Å²) in [5, 5.41) is 4.31. The van der Waals surface area contributed by atoms with E-state index in [1.807, 2.05) is 66.2 Å². The van der Waals surface area contributed by atoms with Crippen LogP contribution in [0.15, 0.2) is 84.0 Å². The van der Waals surface area contributed by atoms with Gasteiger partial charge in [0.15, 0.2) is 0 Å². The second-order valence-corrected chi connectivity index (χ2v) is 8.74. The Kier molecular flexibility index (Phi) is 5.35. The summed E-state index contributed by atoms with van der Waals surface area (Å²) in [5.74, 6) is -1.47. The Hall–Kier alpha value is -4.04. The topological polar surface area (TPSA) is 83.8 Å². The van der Waals surface area contributed by atoms with E-state index in [1.165, 1.54) is 11.3 Å². The number of amides is 3. The van der Waals surface area contributed by atoms with Crippen LogP contribution in [0.5, 0.6) is 0 Å². The molecule has 8 heteroatoms. The molecule has 1 atom stereocenters. The van der Waals surface area contributed by atoms with Crippen LogP contribution in [-0.4, -0.2) is 33.2 Å². The summed E-state index contributed by atoms with van der Waals surface area (Å²) >= 11 is 1.44. The Balaban J connectivity index is 1.49. The molecule has 0 aliphatic carbocycles. The first-order valence-electron chi connectivity index (χ1n) is 10.4. The van der Waals surface area contributed by atoms with E-state index >= 15 is 0 Å². The number of fused-ring (bicyclic) bond motifs is 2. The predicted octanol–water partition coefficient (Wildman–Crippen LogP) is 3.08. The number of aromatic nitrogens is 1. The Morgan fingerprint density at radius 2 is 1.52 bits per heavy atom. The molecule has 1 aliphatic heterocycles. The van der Waals surface area contributed by atoms with Gasteiger partial charge in [0.1, 0.15) is 6.04 Å². The first-order valence-corrected chi connectivity index (χ1v) is 11.3. The Morgan fingerprint density at radius 3 is 2.18 bits per heavy atom. The van der Waals surface area contributed by atoms with Gasteiger partial charge in [0, 0.05) is 13.5 Å². The molecule has 0 unspecified atom stereocenters. The minimum Gasteiger partial charge on any atom is -0.318 e. The van der Waals surface area contributed by atoms with Gasteiger partial charge < -0.3 is 4.57 Å². The number of benzene rings is 3. The van der Waals surface area contributed by atoms with Crippen LogP contribution in [0, 0.1) is 0 Å². The quantitative estimate of drug-likeness (QED) is 0.370. The monoisotopic (exact) mass is 456 g/mol. The van der Waals surface area contributed by atoms with Gasteiger partial charge in [-0.05, 0) is 29.8 Å². The minimum absolute atomic E-state index is 0.187. The average Bonchev–Trinajstić information content (AvgIpc) is 3.30. The molecular formula is C25H20N4O3S. The predicted molar refractivity (Wildman–Crippen MR) is 125 cm³/mol. The largest absolute Gasteiger partial charge is 0.318 e. The van der Waals surface area contributed by atoms with Gasteiger partial charge >= 0.3 is 0 Å². The first kappa shape index (κ1) is 20.8. The lowest BCUT2D eigenvalue weighted by molar-refractivity contribution is -0.125. The molecule has 3 amide bonds. The third-order valence-electron chi connectivity index (χ3n) is 5.69. The van der Waals surface area contributed by atoms with Gasteiger partial charge in [0.25, 0.3) is 17.7 Å². The highest BCUT2D eigenvalue weighted by Crippen LogP contribution is 2.26. The highest BCUT2D eigenvalue weighted by Gasteiger charge is 2.42. The lowest BCUT2D eigenvalue weighted by Gasteiger charge is -2.24. The van der Waals surface area contributed by atoms with Crippen LogP contribution in [-0.2, 0) is 18.3 Å². The molecule has 0 saturated heterocycles. The number of para-hydroxylation sites is 1. The maximum atomic E-state index is 13.3. The van der Waals surface area contributed by atoms with Crippen molar-refractivity contribution in [1.82, 2.24) is 14.9 Å². The van der Waals surface area contributed by atoms with E-state index in [1.54, 1.807) is 24.3 Å². The van der Waals surface area contributed by atoms with Gasteiger partial charge in [-0.2, -0.15) is 0 Å². The number of hydrogen-bond donors (Lipinski definition) is 1. The number of thiazole rings is 1. The van der Waals surface area contributed by atoms with Crippen molar-refractivity contribution < 1.29 is 14.4 Å². The van der Waals surface area contributed by atoms with E-state index in [0.29, 0.717) is 15.9 Å². The zero-order chi connectivity index (χ0) is 22.9. The van der Waals surface area contributed by atoms with Crippen LogP contribution >= 0.6 is 11.3 Å². The molecule has 1 N–H and O–H groups in total. The van der Waals surface area contributed by atoms with Crippen molar-refractivity contribution in [3.8, 4) is 0 Å². The molecule has 164 valence electrons. The van der Waals surface area contributed by atoms with Gasteiger partial charge in [-0.15, -0.1) is 5.10 Å². The van der Waals surface area contributed by atoms with Crippen molar-refractivity contribution in [3.63, 3.8) is 0 Å². The fourth-order valence-electron chi connectivity index (χ4n) is 4.00. The van der Waals surface area contributed by atoms with Crippen molar-refractivity contribution in [2.24, 2.45) is 12.1 Å². The van der Waals surface area contributed by atoms with Crippen LogP contribution in [0.1, 0.15) is 26.3 Å². The number of hydrogen-bond acceptors (Lipinski definition) is 5. The maximum Gasteiger partial charge on any atom is 0.263 e. The number of nitrogens with one attached hydrogen (secondary N) is 1. The maximum absolute atomic E-state index is 13.3. The highest BCUT2D eigenvalue weighted by molar-refractivity contribution is 7.16. The summed E-state index contributed by atoms with van der Waals surface area (Å²) in [6, 6.07) is 22.7. The minimum atomic E-state index is -1.04. The number of imide groups is 1. The molecule has 2 heterocycles. The van der Waals surface area contributed by atoms with Crippen molar-refractivity contribution in [1.29, 1.82) is 0 Å². The van der Waals surface area contributed by atoms with Gasteiger partial charge in [-0.1, -0.05) is 65.9 Å². The zero-order valence-corrected chi connectivity index (χ0v) is 18.6. The number of nitrogens with zero attached hydrogens (tertiary/aromatic N) is 3. The SMILES string of the molecule is Cn1/c(=N\NC(=O)[C@H](Cc2ccccc2)N2C(=O)c3ccccc3C2=O)sc2ccccc21. The van der Waals surface area contributed by atoms with Gasteiger partial charge in [-0.3, -0.25) is 19.3 Å². The van der Waals surface area contributed by atoms with Crippen LogP contribution < -0.4 is 10.2 Å².